The maximum absolute atomic E-state index is 13.1. The van der Waals surface area contributed by atoms with Gasteiger partial charge < -0.3 is 30.0 Å². The molecule has 0 bridgehead atoms. The number of amides is 2. The second kappa shape index (κ2) is 13.3. The maximum atomic E-state index is 13.1. The van der Waals surface area contributed by atoms with Gasteiger partial charge in [0.15, 0.2) is 0 Å². The Morgan fingerprint density at radius 1 is 1.10 bits per heavy atom. The van der Waals surface area contributed by atoms with Crippen molar-refractivity contribution in [1.82, 2.24) is 19.8 Å². The van der Waals surface area contributed by atoms with Gasteiger partial charge in [-0.2, -0.15) is 0 Å². The Morgan fingerprint density at radius 3 is 2.59 bits per heavy atom. The lowest BCUT2D eigenvalue weighted by molar-refractivity contribution is -0.132. The van der Waals surface area contributed by atoms with Gasteiger partial charge in [0, 0.05) is 63.8 Å². The summed E-state index contributed by atoms with van der Waals surface area (Å²) in [5.41, 5.74) is 9.05. The number of rotatable bonds is 11. The molecule has 0 saturated carbocycles. The topological polar surface area (TPSA) is 129 Å². The van der Waals surface area contributed by atoms with Gasteiger partial charge in [0.1, 0.15) is 5.82 Å². The second-order valence-corrected chi connectivity index (χ2v) is 9.88. The smallest absolute Gasteiger partial charge is 0.337 e. The number of methoxy groups -OCH3 is 2. The first-order chi connectivity index (χ1) is 18.9. The van der Waals surface area contributed by atoms with Gasteiger partial charge in [0.25, 0.3) is 5.91 Å². The van der Waals surface area contributed by atoms with Crippen molar-refractivity contribution in [1.29, 1.82) is 0 Å². The second-order valence-electron chi connectivity index (χ2n) is 9.88. The number of imidazole rings is 1. The first kappa shape index (κ1) is 28.3. The molecular weight excluding hydrogens is 498 g/mol. The Balaban J connectivity index is 1.33. The fourth-order valence-corrected chi connectivity index (χ4v) is 5.05. The molecule has 4 rings (SSSR count). The first-order valence-corrected chi connectivity index (χ1v) is 13.3. The van der Waals surface area contributed by atoms with Crippen LogP contribution in [-0.4, -0.2) is 78.7 Å². The number of nitrogens with zero attached hydrogens (tertiary/aromatic N) is 3. The van der Waals surface area contributed by atoms with Gasteiger partial charge in [-0.1, -0.05) is 12.1 Å². The predicted octanol–water partition coefficient (Wildman–Crippen LogP) is 2.71. The van der Waals surface area contributed by atoms with E-state index in [-0.39, 0.29) is 30.7 Å². The lowest BCUT2D eigenvalue weighted by atomic mass is 9.96. The molecule has 0 unspecified atom stereocenters. The number of hydrogen-bond acceptors (Lipinski definition) is 7. The molecule has 2 amide bonds. The Kier molecular flexibility index (Phi) is 9.67. The van der Waals surface area contributed by atoms with E-state index in [1.165, 1.54) is 19.2 Å². The number of aromatic nitrogens is 2. The third-order valence-electron chi connectivity index (χ3n) is 7.08. The predicted molar refractivity (Wildman–Crippen MR) is 147 cm³/mol. The van der Waals surface area contributed by atoms with Gasteiger partial charge in [-0.3, -0.25) is 9.59 Å². The van der Waals surface area contributed by atoms with Crippen LogP contribution in [0.1, 0.15) is 58.1 Å². The summed E-state index contributed by atoms with van der Waals surface area (Å²) in [6, 6.07) is 13.8. The van der Waals surface area contributed by atoms with E-state index in [4.69, 9.17) is 15.5 Å². The van der Waals surface area contributed by atoms with Crippen molar-refractivity contribution in [3.8, 4) is 0 Å². The largest absolute Gasteiger partial charge is 0.465 e. The summed E-state index contributed by atoms with van der Waals surface area (Å²) >= 11 is 0. The van der Waals surface area contributed by atoms with Crippen molar-refractivity contribution in [3.05, 3.63) is 65.5 Å². The van der Waals surface area contributed by atoms with Crippen LogP contribution in [0.4, 0.5) is 0 Å². The minimum atomic E-state index is -0.519. The van der Waals surface area contributed by atoms with Crippen molar-refractivity contribution in [2.45, 2.75) is 44.2 Å². The summed E-state index contributed by atoms with van der Waals surface area (Å²) in [6.45, 7) is 2.93. The van der Waals surface area contributed by atoms with E-state index in [2.05, 4.69) is 20.7 Å². The van der Waals surface area contributed by atoms with E-state index < -0.39 is 12.0 Å². The SMILES string of the molecule is COCCCn1c([C@@H]2CCCN(C(=O)C[C@H](N)CNC(=O)c3ccc(C(=O)OC)cc3)C2)nc2ccccc21. The van der Waals surface area contributed by atoms with E-state index in [0.717, 1.165) is 42.7 Å². The van der Waals surface area contributed by atoms with Crippen LogP contribution < -0.4 is 11.1 Å². The molecule has 39 heavy (non-hydrogen) atoms. The molecule has 2 aromatic carbocycles. The lowest BCUT2D eigenvalue weighted by Crippen LogP contribution is -2.45. The molecule has 3 aromatic rings. The van der Waals surface area contributed by atoms with Gasteiger partial charge in [-0.15, -0.1) is 0 Å². The summed E-state index contributed by atoms with van der Waals surface area (Å²) in [4.78, 5) is 44.0. The molecule has 0 aliphatic carbocycles. The van der Waals surface area contributed by atoms with Gasteiger partial charge in [-0.25, -0.2) is 9.78 Å². The number of para-hydroxylation sites is 2. The molecule has 0 spiro atoms. The fraction of sp³-hybridized carbons (Fsp3) is 0.448. The number of benzene rings is 2. The quantitative estimate of drug-likeness (QED) is 0.285. The Morgan fingerprint density at radius 2 is 1.85 bits per heavy atom. The van der Waals surface area contributed by atoms with E-state index in [9.17, 15) is 14.4 Å². The Bertz CT molecular complexity index is 1290. The van der Waals surface area contributed by atoms with Crippen LogP contribution in [0.3, 0.4) is 0 Å². The molecule has 1 aliphatic heterocycles. The van der Waals surface area contributed by atoms with Crippen molar-refractivity contribution in [2.24, 2.45) is 5.73 Å². The molecule has 10 heteroatoms. The van der Waals surface area contributed by atoms with E-state index in [0.29, 0.717) is 30.8 Å². The monoisotopic (exact) mass is 535 g/mol. The number of fused-ring (bicyclic) bond motifs is 1. The number of hydrogen-bond donors (Lipinski definition) is 2. The number of likely N-dealkylation sites (tertiary alicyclic amines) is 1. The zero-order valence-corrected chi connectivity index (χ0v) is 22.6. The third kappa shape index (κ3) is 7.01. The van der Waals surface area contributed by atoms with Crippen molar-refractivity contribution in [2.75, 3.05) is 40.5 Å². The molecule has 10 nitrogen and oxygen atoms in total. The number of aryl methyl sites for hydroxylation is 1. The van der Waals surface area contributed by atoms with Crippen molar-refractivity contribution < 1.29 is 23.9 Å². The van der Waals surface area contributed by atoms with Gasteiger partial charge in [0.2, 0.25) is 5.91 Å². The van der Waals surface area contributed by atoms with E-state index in [1.807, 2.05) is 23.1 Å². The van der Waals surface area contributed by atoms with Crippen LogP contribution in [0.15, 0.2) is 48.5 Å². The molecular formula is C29H37N5O5. The van der Waals surface area contributed by atoms with Crippen LogP contribution in [0, 0.1) is 0 Å². The highest BCUT2D eigenvalue weighted by atomic mass is 16.5. The average Bonchev–Trinajstić information content (AvgIpc) is 3.34. The number of carbonyl (C=O) groups is 3. The third-order valence-corrected chi connectivity index (χ3v) is 7.08. The first-order valence-electron chi connectivity index (χ1n) is 13.3. The summed E-state index contributed by atoms with van der Waals surface area (Å²) in [7, 11) is 3.01. The Labute approximate surface area is 228 Å². The van der Waals surface area contributed by atoms with Crippen LogP contribution >= 0.6 is 0 Å². The molecule has 0 radical (unpaired) electrons. The summed E-state index contributed by atoms with van der Waals surface area (Å²) < 4.78 is 12.2. The van der Waals surface area contributed by atoms with Crippen LogP contribution in [0.2, 0.25) is 0 Å². The van der Waals surface area contributed by atoms with Crippen molar-refractivity contribution >= 4 is 28.8 Å². The summed E-state index contributed by atoms with van der Waals surface area (Å²) in [6.07, 6.45) is 2.88. The highest BCUT2D eigenvalue weighted by molar-refractivity contribution is 5.96. The molecule has 2 heterocycles. The van der Waals surface area contributed by atoms with Crippen LogP contribution in [0.25, 0.3) is 11.0 Å². The highest BCUT2D eigenvalue weighted by Gasteiger charge is 2.29. The molecule has 1 aliphatic rings. The highest BCUT2D eigenvalue weighted by Crippen LogP contribution is 2.30. The minimum absolute atomic E-state index is 0.0223. The number of nitrogens with one attached hydrogen (secondary N) is 1. The molecule has 2 atom stereocenters. The number of carbonyl (C=O) groups excluding carboxylic acids is 3. The number of ether oxygens (including phenoxy) is 2. The Hall–Kier alpha value is -3.76. The molecule has 1 aromatic heterocycles. The number of esters is 1. The normalized spacial score (nSPS) is 16.2. The molecule has 3 N–H and O–H groups in total. The van der Waals surface area contributed by atoms with E-state index in [1.54, 1.807) is 19.2 Å². The average molecular weight is 536 g/mol. The van der Waals surface area contributed by atoms with Crippen molar-refractivity contribution in [3.63, 3.8) is 0 Å². The molecule has 1 fully saturated rings. The van der Waals surface area contributed by atoms with Crippen LogP contribution in [0.5, 0.6) is 0 Å². The molecule has 1 saturated heterocycles. The summed E-state index contributed by atoms with van der Waals surface area (Å²) in [5, 5.41) is 2.78. The van der Waals surface area contributed by atoms with Gasteiger partial charge >= 0.3 is 5.97 Å². The minimum Gasteiger partial charge on any atom is -0.465 e. The fourth-order valence-electron chi connectivity index (χ4n) is 5.05. The number of piperidine rings is 1. The van der Waals surface area contributed by atoms with Crippen LogP contribution in [-0.2, 0) is 20.8 Å². The summed E-state index contributed by atoms with van der Waals surface area (Å²) in [5.74, 6) is 0.345. The number of nitrogens with two attached hydrogens (primary N) is 1. The van der Waals surface area contributed by atoms with E-state index >= 15 is 0 Å². The zero-order chi connectivity index (χ0) is 27.8. The van der Waals surface area contributed by atoms with Gasteiger partial charge in [-0.05, 0) is 55.7 Å². The lowest BCUT2D eigenvalue weighted by Gasteiger charge is -2.33. The van der Waals surface area contributed by atoms with Gasteiger partial charge in [0.05, 0.1) is 23.7 Å². The maximum Gasteiger partial charge on any atom is 0.337 e. The standard InChI is InChI=1S/C29H37N5O5/c1-38-16-6-15-34-25-9-4-3-8-24(25)32-27(34)22-7-5-14-33(19-22)26(35)17-23(30)18-31-28(36)20-10-12-21(13-11-20)29(37)39-2/h3-4,8-13,22-23H,5-7,14-19,30H2,1-2H3,(H,31,36)/t22-,23+/m1/s1. The molecule has 208 valence electrons. The zero-order valence-electron chi connectivity index (χ0n) is 22.6.